The first kappa shape index (κ1) is 20.6. The van der Waals surface area contributed by atoms with E-state index < -0.39 is 0 Å². The van der Waals surface area contributed by atoms with Crippen molar-refractivity contribution in [3.8, 4) is 0 Å². The van der Waals surface area contributed by atoms with Gasteiger partial charge in [0, 0.05) is 18.0 Å². The minimum atomic E-state index is -0.248. The summed E-state index contributed by atoms with van der Waals surface area (Å²) in [6, 6.07) is 25.8. The first-order valence-corrected chi connectivity index (χ1v) is 11.7. The predicted molar refractivity (Wildman–Crippen MR) is 128 cm³/mol. The number of imide groups is 1. The van der Waals surface area contributed by atoms with Crippen LogP contribution in [0.1, 0.15) is 23.6 Å². The second-order valence-electron chi connectivity index (χ2n) is 8.00. The van der Waals surface area contributed by atoms with Gasteiger partial charge < -0.3 is 4.90 Å². The van der Waals surface area contributed by atoms with Crippen molar-refractivity contribution in [2.45, 2.75) is 31.2 Å². The topological polar surface area (TPSA) is 40.6 Å². The number of hydrogen-bond acceptors (Lipinski definition) is 4. The van der Waals surface area contributed by atoms with Crippen molar-refractivity contribution < 1.29 is 9.59 Å². The third-order valence-corrected chi connectivity index (χ3v) is 7.11. The van der Waals surface area contributed by atoms with Crippen LogP contribution in [0.3, 0.4) is 0 Å². The highest BCUT2D eigenvalue weighted by atomic mass is 32.2. The zero-order valence-electron chi connectivity index (χ0n) is 18.0. The summed E-state index contributed by atoms with van der Waals surface area (Å²) in [5, 5.41) is 0. The lowest BCUT2D eigenvalue weighted by molar-refractivity contribution is -0.121. The molecule has 5 heteroatoms. The fourth-order valence-corrected chi connectivity index (χ4v) is 5.30. The molecule has 0 saturated heterocycles. The van der Waals surface area contributed by atoms with Gasteiger partial charge >= 0.3 is 0 Å². The maximum Gasteiger partial charge on any atom is 0.283 e. The number of aryl methyl sites for hydroxylation is 1. The summed E-state index contributed by atoms with van der Waals surface area (Å²) in [6.45, 7) is 3.43. The zero-order chi connectivity index (χ0) is 22.1. The minimum Gasteiger partial charge on any atom is -0.361 e. The normalized spacial score (nSPS) is 16.0. The molecule has 3 aromatic carbocycles. The van der Waals surface area contributed by atoms with Gasteiger partial charge in [0.25, 0.3) is 11.8 Å². The van der Waals surface area contributed by atoms with E-state index in [1.165, 1.54) is 33.4 Å². The van der Waals surface area contributed by atoms with Crippen LogP contribution in [0.2, 0.25) is 0 Å². The summed E-state index contributed by atoms with van der Waals surface area (Å²) in [5.74, 6) is -0.487. The van der Waals surface area contributed by atoms with E-state index in [9.17, 15) is 9.59 Å². The van der Waals surface area contributed by atoms with E-state index in [0.29, 0.717) is 29.4 Å². The van der Waals surface area contributed by atoms with Crippen LogP contribution in [0.25, 0.3) is 0 Å². The van der Waals surface area contributed by atoms with E-state index in [1.807, 2.05) is 60.7 Å². The molecule has 0 N–H and O–H groups in total. The smallest absolute Gasteiger partial charge is 0.283 e. The zero-order valence-corrected chi connectivity index (χ0v) is 18.8. The SMILES string of the molecule is CCc1ccc(N2C(=O)C(Sc3ccccc3)=C(N3CCc4ccccc4C3)C2=O)cc1. The lowest BCUT2D eigenvalue weighted by atomic mass is 9.99. The summed E-state index contributed by atoms with van der Waals surface area (Å²) >= 11 is 1.38. The molecule has 3 aromatic rings. The molecule has 0 saturated carbocycles. The summed E-state index contributed by atoms with van der Waals surface area (Å²) < 4.78 is 0. The molecule has 2 amide bonds. The van der Waals surface area contributed by atoms with Gasteiger partial charge in [-0.25, -0.2) is 4.90 Å². The number of thioether (sulfide) groups is 1. The van der Waals surface area contributed by atoms with Crippen LogP contribution in [0.5, 0.6) is 0 Å². The molecule has 5 rings (SSSR count). The molecule has 0 atom stereocenters. The summed E-state index contributed by atoms with van der Waals surface area (Å²) in [6.07, 6.45) is 1.77. The Bertz CT molecular complexity index is 1200. The first-order chi connectivity index (χ1) is 15.7. The number of carbonyl (C=O) groups excluding carboxylic acids is 2. The van der Waals surface area contributed by atoms with Crippen LogP contribution in [0.15, 0.2) is 94.4 Å². The molecule has 160 valence electrons. The average molecular weight is 441 g/mol. The van der Waals surface area contributed by atoms with Crippen molar-refractivity contribution in [1.82, 2.24) is 4.90 Å². The van der Waals surface area contributed by atoms with Gasteiger partial charge in [-0.3, -0.25) is 9.59 Å². The summed E-state index contributed by atoms with van der Waals surface area (Å²) in [7, 11) is 0. The standard InChI is InChI=1S/C27H24N2O2S/c1-2-19-12-14-22(15-13-19)29-26(30)24(25(27(29)31)32-23-10-4-3-5-11-23)28-17-16-20-8-6-7-9-21(20)18-28/h3-15H,2,16-18H2,1H3. The fourth-order valence-electron chi connectivity index (χ4n) is 4.28. The largest absolute Gasteiger partial charge is 0.361 e. The van der Waals surface area contributed by atoms with Crippen LogP contribution < -0.4 is 4.90 Å². The number of carbonyl (C=O) groups is 2. The molecule has 2 aliphatic heterocycles. The molecule has 2 heterocycles. The number of fused-ring (bicyclic) bond motifs is 1. The Balaban J connectivity index is 1.54. The van der Waals surface area contributed by atoms with Crippen LogP contribution >= 0.6 is 11.8 Å². The maximum atomic E-state index is 13.7. The maximum absolute atomic E-state index is 13.7. The molecular formula is C27H24N2O2S. The molecule has 0 aromatic heterocycles. The number of hydrogen-bond donors (Lipinski definition) is 0. The van der Waals surface area contributed by atoms with Gasteiger partial charge in [0.2, 0.25) is 0 Å². The number of nitrogens with zero attached hydrogens (tertiary/aromatic N) is 2. The highest BCUT2D eigenvalue weighted by Gasteiger charge is 2.43. The number of amides is 2. The third-order valence-electron chi connectivity index (χ3n) is 6.03. The van der Waals surface area contributed by atoms with E-state index in [4.69, 9.17) is 0 Å². The predicted octanol–water partition coefficient (Wildman–Crippen LogP) is 5.18. The molecule has 4 nitrogen and oxygen atoms in total. The second-order valence-corrected chi connectivity index (χ2v) is 9.08. The molecular weight excluding hydrogens is 416 g/mol. The van der Waals surface area contributed by atoms with E-state index in [-0.39, 0.29) is 11.8 Å². The minimum absolute atomic E-state index is 0.239. The summed E-state index contributed by atoms with van der Waals surface area (Å²) in [4.78, 5) is 32.1. The Kier molecular flexibility index (Phi) is 5.58. The fraction of sp³-hybridized carbons (Fsp3) is 0.185. The Hall–Kier alpha value is -3.31. The van der Waals surface area contributed by atoms with E-state index >= 15 is 0 Å². The van der Waals surface area contributed by atoms with Gasteiger partial charge in [0.1, 0.15) is 10.6 Å². The van der Waals surface area contributed by atoms with Crippen LogP contribution in [0.4, 0.5) is 5.69 Å². The van der Waals surface area contributed by atoms with Crippen LogP contribution in [-0.2, 0) is 29.0 Å². The number of benzene rings is 3. The lowest BCUT2D eigenvalue weighted by Crippen LogP contribution is -2.37. The quantitative estimate of drug-likeness (QED) is 0.513. The molecule has 32 heavy (non-hydrogen) atoms. The van der Waals surface area contributed by atoms with Crippen molar-refractivity contribution in [3.05, 3.63) is 106 Å². The Labute approximate surface area is 192 Å². The molecule has 2 aliphatic rings. The van der Waals surface area contributed by atoms with Crippen molar-refractivity contribution in [2.24, 2.45) is 0 Å². The molecule has 0 spiro atoms. The van der Waals surface area contributed by atoms with Crippen molar-refractivity contribution in [1.29, 1.82) is 0 Å². The van der Waals surface area contributed by atoms with E-state index in [1.54, 1.807) is 0 Å². The molecule has 0 aliphatic carbocycles. The third kappa shape index (κ3) is 3.73. The van der Waals surface area contributed by atoms with Crippen molar-refractivity contribution in [2.75, 3.05) is 11.4 Å². The monoisotopic (exact) mass is 440 g/mol. The van der Waals surface area contributed by atoms with Gasteiger partial charge in [-0.05, 0) is 53.8 Å². The molecule has 0 radical (unpaired) electrons. The van der Waals surface area contributed by atoms with Crippen molar-refractivity contribution >= 4 is 29.3 Å². The molecule has 0 fully saturated rings. The molecule has 0 bridgehead atoms. The van der Waals surface area contributed by atoms with E-state index in [0.717, 1.165) is 17.7 Å². The Morgan fingerprint density at radius 2 is 1.50 bits per heavy atom. The average Bonchev–Trinajstić information content (AvgIpc) is 3.08. The number of anilines is 1. The highest BCUT2D eigenvalue weighted by Crippen LogP contribution is 2.40. The van der Waals surface area contributed by atoms with E-state index in [2.05, 4.69) is 30.0 Å². The Morgan fingerprint density at radius 3 is 2.22 bits per heavy atom. The van der Waals surface area contributed by atoms with Gasteiger partial charge in [-0.2, -0.15) is 0 Å². The molecule has 0 unspecified atom stereocenters. The van der Waals surface area contributed by atoms with Crippen LogP contribution in [-0.4, -0.2) is 23.3 Å². The van der Waals surface area contributed by atoms with Gasteiger partial charge in [0.15, 0.2) is 0 Å². The number of rotatable bonds is 5. The second kappa shape index (κ2) is 8.67. The van der Waals surface area contributed by atoms with Gasteiger partial charge in [0.05, 0.1) is 5.69 Å². The van der Waals surface area contributed by atoms with Crippen LogP contribution in [0, 0.1) is 0 Å². The highest BCUT2D eigenvalue weighted by molar-refractivity contribution is 8.04. The van der Waals surface area contributed by atoms with Crippen molar-refractivity contribution in [3.63, 3.8) is 0 Å². The Morgan fingerprint density at radius 1 is 0.812 bits per heavy atom. The first-order valence-electron chi connectivity index (χ1n) is 10.9. The van der Waals surface area contributed by atoms with Gasteiger partial charge in [-0.15, -0.1) is 0 Å². The van der Waals surface area contributed by atoms with Gasteiger partial charge in [-0.1, -0.05) is 73.3 Å². The lowest BCUT2D eigenvalue weighted by Gasteiger charge is -2.31. The summed E-state index contributed by atoms with van der Waals surface area (Å²) in [5.41, 5.74) is 4.83.